The summed E-state index contributed by atoms with van der Waals surface area (Å²) in [4.78, 5) is 62.6. The highest BCUT2D eigenvalue weighted by molar-refractivity contribution is 9.11. The average Bonchev–Trinajstić information content (AvgIpc) is 1.58. The highest BCUT2D eigenvalue weighted by Gasteiger charge is 2.31. The second-order valence-electron chi connectivity index (χ2n) is 27.4. The number of aliphatic carboxylic acids is 1. The van der Waals surface area contributed by atoms with Gasteiger partial charge in [-0.1, -0.05) is 100 Å². The van der Waals surface area contributed by atoms with Gasteiger partial charge in [0.05, 0.1) is 44.7 Å². The topological polar surface area (TPSA) is 373 Å². The summed E-state index contributed by atoms with van der Waals surface area (Å²) in [6.45, 7) is 17.8. The fourth-order valence-electron chi connectivity index (χ4n) is 11.8. The number of likely N-dealkylation sites (tertiary alicyclic amines) is 2. The van der Waals surface area contributed by atoms with Crippen molar-refractivity contribution in [1.29, 1.82) is 0 Å². The van der Waals surface area contributed by atoms with Gasteiger partial charge in [0, 0.05) is 79.9 Å². The number of phenols is 1. The first kappa shape index (κ1) is 82.4. The Balaban J connectivity index is 0.000000168. The van der Waals surface area contributed by atoms with Crippen LogP contribution in [0.2, 0.25) is 0 Å². The highest BCUT2D eigenvalue weighted by atomic mass is 79.9. The first-order valence-corrected chi connectivity index (χ1v) is 38.8. The van der Waals surface area contributed by atoms with E-state index in [0.717, 1.165) is 141 Å². The molecule has 2 amide bonds. The molecule has 32 heteroatoms. The molecule has 4 aliphatic heterocycles. The summed E-state index contributed by atoms with van der Waals surface area (Å²) in [5.74, 6) is 1.76. The number of imidazole rings is 3. The van der Waals surface area contributed by atoms with Gasteiger partial charge in [0.1, 0.15) is 46.1 Å². The molecule has 7 heterocycles. The van der Waals surface area contributed by atoms with Crippen molar-refractivity contribution in [2.24, 2.45) is 5.92 Å². The SMILES string of the molecule is Brc1ccc2nc(C3CCNCC3)[nH]c2c1.CC(C)(C)OC(=O)N1CCC(c2nc3ccc(-c4ccc(CS(=O)[O-])cc4F)cc3[nH]2)CC1.CC(C)(C)OC(=O)N1CCC(c2nc3ccc(Br)cc3[nH]2)CC1.Nc1cc(Br)ccc1O.O=C(O)C1CCNCC1.O=S([O-])Cc1ccc(B(O)O)c(F)c1. The van der Waals surface area contributed by atoms with Gasteiger partial charge in [0.15, 0.2) is 0 Å². The van der Waals surface area contributed by atoms with Crippen LogP contribution in [0.15, 0.2) is 123 Å². The number of nitrogen functional groups attached to an aromatic ring is 1. The van der Waals surface area contributed by atoms with E-state index in [-0.39, 0.29) is 52.3 Å². The molecule has 2 unspecified atom stereocenters. The van der Waals surface area contributed by atoms with Crippen LogP contribution in [-0.2, 0) is 47.9 Å². The lowest BCUT2D eigenvalue weighted by Gasteiger charge is -2.32. The third-order valence-electron chi connectivity index (χ3n) is 17.2. The van der Waals surface area contributed by atoms with E-state index in [0.29, 0.717) is 60.4 Å². The molecular weight excluding hydrogens is 1580 g/mol. The molecule has 104 heavy (non-hydrogen) atoms. The van der Waals surface area contributed by atoms with Crippen molar-refractivity contribution in [2.75, 3.05) is 58.1 Å². The number of rotatable bonds is 10. The molecule has 24 nitrogen and oxygen atoms in total. The Morgan fingerprint density at radius 2 is 0.962 bits per heavy atom. The summed E-state index contributed by atoms with van der Waals surface area (Å²) in [6.07, 6.45) is 6.80. The minimum atomic E-state index is -2.28. The number of anilines is 1. The number of amides is 2. The number of phenolic OH excluding ortho intramolecular Hbond substituents is 1. The normalized spacial score (nSPS) is 16.0. The number of carbonyl (C=O) groups is 3. The van der Waals surface area contributed by atoms with E-state index in [4.69, 9.17) is 45.4 Å². The van der Waals surface area contributed by atoms with Crippen molar-refractivity contribution in [3.05, 3.63) is 163 Å². The molecule has 11 N–H and O–H groups in total. The molecule has 0 aliphatic carbocycles. The van der Waals surface area contributed by atoms with Crippen molar-refractivity contribution < 1.29 is 70.4 Å². The number of aromatic hydroxyl groups is 1. The smallest absolute Gasteiger partial charge is 0.491 e. The van der Waals surface area contributed by atoms with E-state index in [1.165, 1.54) is 25.0 Å². The first-order valence-electron chi connectivity index (χ1n) is 33.9. The molecule has 0 radical (unpaired) electrons. The Bertz CT molecular complexity index is 4420. The van der Waals surface area contributed by atoms with Gasteiger partial charge in [-0.15, -0.1) is 0 Å². The number of halogens is 5. The van der Waals surface area contributed by atoms with Crippen LogP contribution >= 0.6 is 47.8 Å². The lowest BCUT2D eigenvalue weighted by molar-refractivity contribution is -0.142. The number of benzene rings is 6. The van der Waals surface area contributed by atoms with Crippen LogP contribution in [-0.4, -0.2) is 166 Å². The predicted octanol–water partition coefficient (Wildman–Crippen LogP) is 12.8. The largest absolute Gasteiger partial charge is 0.772 e. The number of carbonyl (C=O) groups excluding carboxylic acids is 2. The number of fused-ring (bicyclic) bond motifs is 3. The fourth-order valence-corrected chi connectivity index (χ4v) is 13.8. The van der Waals surface area contributed by atoms with Crippen LogP contribution in [0.4, 0.5) is 24.1 Å². The number of carboxylic acid groups (broad SMARTS) is 1. The molecule has 4 fully saturated rings. The molecule has 3 aromatic heterocycles. The third-order valence-corrected chi connectivity index (χ3v) is 19.8. The van der Waals surface area contributed by atoms with Gasteiger partial charge in [0.2, 0.25) is 0 Å². The number of nitrogens with two attached hydrogens (primary N) is 1. The first-order chi connectivity index (χ1) is 49.2. The molecule has 0 saturated carbocycles. The number of ether oxygens (including phenoxy) is 2. The number of nitrogens with zero attached hydrogens (tertiary/aromatic N) is 5. The molecule has 13 rings (SSSR count). The molecule has 560 valence electrons. The molecule has 0 spiro atoms. The van der Waals surface area contributed by atoms with Crippen LogP contribution in [0.25, 0.3) is 44.2 Å². The van der Waals surface area contributed by atoms with E-state index in [2.05, 4.69) is 90.5 Å². The Morgan fingerprint density at radius 1 is 0.567 bits per heavy atom. The van der Waals surface area contributed by atoms with Gasteiger partial charge in [-0.3, -0.25) is 13.2 Å². The summed E-state index contributed by atoms with van der Waals surface area (Å²) >= 11 is 5.62. The number of carboxylic acids is 1. The third kappa shape index (κ3) is 25.5. The van der Waals surface area contributed by atoms with E-state index in [1.807, 2.05) is 84.0 Å². The Kier molecular flexibility index (Phi) is 30.4. The lowest BCUT2D eigenvalue weighted by Crippen LogP contribution is -2.41. The monoisotopic (exact) mass is 1660 g/mol. The fraction of sp³-hybridized carbons (Fsp3) is 0.417. The zero-order valence-electron chi connectivity index (χ0n) is 58.5. The summed E-state index contributed by atoms with van der Waals surface area (Å²) < 4.78 is 83.8. The highest BCUT2D eigenvalue weighted by Crippen LogP contribution is 2.34. The molecule has 4 saturated heterocycles. The number of H-pyrrole nitrogens is 3. The molecular formula is C72H87BBr3F2N11O13S2-2. The summed E-state index contributed by atoms with van der Waals surface area (Å²) in [7, 11) is -1.89. The minimum absolute atomic E-state index is 0.0914. The Labute approximate surface area is 633 Å². The quantitative estimate of drug-likeness (QED) is 0.0263. The standard InChI is InChI=1S/C24H28FN3O4S.C17H22BrN3O2.C12H14BrN3.C7H8BFO4S.C6H6BrNO.C6H11NO2/c1-24(2,3)32-23(29)28-10-8-16(9-11-28)22-26-20-7-5-17(13-21(20)27-22)18-6-4-15(12-19(18)25)14-33(30)31;1-17(2,3)23-16(22)21-8-6-11(7-9-21)15-19-13-5-4-12(18)10-14(13)20-15;13-9-1-2-10-11(7-9)16-12(15-10)8-3-5-14-6-4-8;9-7-3-5(4-14(12)13)1-2-6(7)8(10)11;7-4-1-2-6(9)5(8)3-4;8-6(9)5-1-3-7-4-2-5/h4-7,12-13,16H,8-11,14H2,1-3H3,(H,26,27)(H,30,31);4-5,10-11H,6-9H2,1-3H3,(H,19,20);1-2,7-8,14H,3-6H2,(H,15,16);1-3,10-11H,4H2,(H,12,13);1-3,9H,8H2;5,7H,1-4H2,(H,8,9)/p-2. The van der Waals surface area contributed by atoms with Crippen molar-refractivity contribution in [2.45, 2.75) is 133 Å². The van der Waals surface area contributed by atoms with Gasteiger partial charge in [-0.25, -0.2) is 33.3 Å². The Morgan fingerprint density at radius 3 is 1.35 bits per heavy atom. The molecule has 6 aromatic carbocycles. The maximum absolute atomic E-state index is 14.6. The maximum Gasteiger partial charge on any atom is 0.491 e. The van der Waals surface area contributed by atoms with Crippen LogP contribution in [0.1, 0.15) is 139 Å². The number of aromatic amines is 3. The number of hydrogen-bond acceptors (Lipinski definition) is 18. The maximum atomic E-state index is 14.6. The lowest BCUT2D eigenvalue weighted by atomic mass is 9.79. The number of hydrogen-bond donors (Lipinski definition) is 10. The van der Waals surface area contributed by atoms with Gasteiger partial charge >= 0.3 is 25.3 Å². The van der Waals surface area contributed by atoms with Crippen LogP contribution in [0, 0.1) is 17.6 Å². The van der Waals surface area contributed by atoms with Crippen molar-refractivity contribution in [3.63, 3.8) is 0 Å². The van der Waals surface area contributed by atoms with Crippen LogP contribution in [0.5, 0.6) is 5.75 Å². The van der Waals surface area contributed by atoms with E-state index >= 15 is 0 Å². The molecule has 9 aromatic rings. The number of nitrogens with one attached hydrogen (secondary N) is 5. The zero-order chi connectivity index (χ0) is 75.6. The van der Waals surface area contributed by atoms with E-state index in [1.54, 1.807) is 40.1 Å². The summed E-state index contributed by atoms with van der Waals surface area (Å²) in [5, 5.41) is 41.2. The van der Waals surface area contributed by atoms with Gasteiger partial charge in [-0.05, 0) is 215 Å². The zero-order valence-corrected chi connectivity index (χ0v) is 64.9. The molecule has 4 aliphatic rings. The Hall–Kier alpha value is -7.24. The van der Waals surface area contributed by atoms with Gasteiger partial charge in [0.25, 0.3) is 0 Å². The number of piperidine rings is 4. The van der Waals surface area contributed by atoms with Gasteiger partial charge in [-0.2, -0.15) is 0 Å². The van der Waals surface area contributed by atoms with Crippen molar-refractivity contribution in [3.8, 4) is 16.9 Å². The summed E-state index contributed by atoms with van der Waals surface area (Å²) in [5.41, 5.74) is 12.1. The molecule has 0 bridgehead atoms. The second-order valence-corrected chi connectivity index (χ2v) is 32.0. The average molecular weight is 1670 g/mol. The van der Waals surface area contributed by atoms with E-state index in [9.17, 15) is 40.7 Å². The van der Waals surface area contributed by atoms with Gasteiger partial charge < -0.3 is 80.0 Å². The van der Waals surface area contributed by atoms with Crippen LogP contribution in [0.3, 0.4) is 0 Å². The minimum Gasteiger partial charge on any atom is -0.772 e. The van der Waals surface area contributed by atoms with Crippen molar-refractivity contribution >= 4 is 139 Å². The van der Waals surface area contributed by atoms with Crippen LogP contribution < -0.4 is 21.8 Å². The summed E-state index contributed by atoms with van der Waals surface area (Å²) in [6, 6.07) is 30.6. The van der Waals surface area contributed by atoms with E-state index < -0.39 is 58.1 Å². The predicted molar refractivity (Wildman–Crippen MR) is 408 cm³/mol. The van der Waals surface area contributed by atoms with Crippen molar-refractivity contribution in [1.82, 2.24) is 50.3 Å². The second kappa shape index (κ2) is 38.3. The number of aromatic nitrogens is 6. The molecule has 2 atom stereocenters.